The summed E-state index contributed by atoms with van der Waals surface area (Å²) in [5.41, 5.74) is 0.484. The average Bonchev–Trinajstić information content (AvgIpc) is 1.82. The third kappa shape index (κ3) is 6.09. The molecule has 12 heavy (non-hydrogen) atoms. The summed E-state index contributed by atoms with van der Waals surface area (Å²) in [6, 6.07) is 0. The summed E-state index contributed by atoms with van der Waals surface area (Å²) in [5.74, 6) is -0.489. The normalized spacial score (nSPS) is 15.0. The fourth-order valence-electron chi connectivity index (χ4n) is 0.767. The van der Waals surface area contributed by atoms with Gasteiger partial charge in [0.25, 0.3) is 0 Å². The molecule has 0 unspecified atom stereocenters. The minimum Gasteiger partial charge on any atom is -0.229 e. The second-order valence-corrected chi connectivity index (χ2v) is 4.80. The van der Waals surface area contributed by atoms with Crippen LogP contribution in [0.1, 0.15) is 13.8 Å². The molecule has 2 nitrogen and oxygen atoms in total. The van der Waals surface area contributed by atoms with Crippen LogP contribution < -0.4 is 0 Å². The fraction of sp³-hybridized carbons (Fsp3) is 0.500. The SMILES string of the molecule is C/C=C(\C=C(/C)F)CS(C)(=O)=O. The average molecular weight is 192 g/mol. The van der Waals surface area contributed by atoms with E-state index in [2.05, 4.69) is 0 Å². The summed E-state index contributed by atoms with van der Waals surface area (Å²) in [7, 11) is -3.06. The number of sulfone groups is 1. The van der Waals surface area contributed by atoms with Crippen LogP contribution in [-0.4, -0.2) is 20.4 Å². The lowest BCUT2D eigenvalue weighted by atomic mass is 10.2. The zero-order valence-electron chi connectivity index (χ0n) is 7.46. The van der Waals surface area contributed by atoms with E-state index in [0.29, 0.717) is 5.57 Å². The van der Waals surface area contributed by atoms with Crippen LogP contribution in [0.4, 0.5) is 4.39 Å². The van der Waals surface area contributed by atoms with E-state index in [1.807, 2.05) is 0 Å². The van der Waals surface area contributed by atoms with Gasteiger partial charge in [-0.1, -0.05) is 6.08 Å². The predicted octanol–water partition coefficient (Wildman–Crippen LogP) is 1.85. The van der Waals surface area contributed by atoms with Gasteiger partial charge in [-0.2, -0.15) is 0 Å². The first-order valence-electron chi connectivity index (χ1n) is 3.52. The van der Waals surface area contributed by atoms with E-state index >= 15 is 0 Å². The lowest BCUT2D eigenvalue weighted by Gasteiger charge is -1.98. The smallest absolute Gasteiger partial charge is 0.151 e. The summed E-state index contributed by atoms with van der Waals surface area (Å²) < 4.78 is 33.9. The highest BCUT2D eigenvalue weighted by Gasteiger charge is 2.04. The van der Waals surface area contributed by atoms with Crippen molar-refractivity contribution in [1.82, 2.24) is 0 Å². The highest BCUT2D eigenvalue weighted by atomic mass is 32.2. The Kier molecular flexibility index (Phi) is 4.17. The van der Waals surface area contributed by atoms with Gasteiger partial charge in [-0.05, 0) is 25.5 Å². The molecule has 4 heteroatoms. The maximum Gasteiger partial charge on any atom is 0.151 e. The summed E-state index contributed by atoms with van der Waals surface area (Å²) in [5, 5.41) is 0. The van der Waals surface area contributed by atoms with E-state index in [1.165, 1.54) is 13.0 Å². The first-order valence-corrected chi connectivity index (χ1v) is 5.58. The summed E-state index contributed by atoms with van der Waals surface area (Å²) in [6.07, 6.45) is 3.93. The molecule has 0 fully saturated rings. The standard InChI is InChI=1S/C8H13FO2S/c1-4-8(5-7(2)9)6-12(3,10)11/h4-5H,6H2,1-3H3/b7-5+,8-4+. The van der Waals surface area contributed by atoms with Gasteiger partial charge in [0, 0.05) is 6.26 Å². The number of rotatable bonds is 3. The molecule has 0 atom stereocenters. The Labute approximate surface area is 72.7 Å². The van der Waals surface area contributed by atoms with Crippen molar-refractivity contribution in [2.24, 2.45) is 0 Å². The zero-order valence-corrected chi connectivity index (χ0v) is 8.28. The van der Waals surface area contributed by atoms with Gasteiger partial charge in [-0.15, -0.1) is 0 Å². The summed E-state index contributed by atoms with van der Waals surface area (Å²) in [6.45, 7) is 2.96. The molecule has 0 spiro atoms. The lowest BCUT2D eigenvalue weighted by molar-refractivity contribution is 0.604. The van der Waals surface area contributed by atoms with Gasteiger partial charge in [0.05, 0.1) is 11.6 Å². The minimum atomic E-state index is -3.06. The zero-order chi connectivity index (χ0) is 9.78. The fourth-order valence-corrected chi connectivity index (χ4v) is 1.62. The molecule has 0 aliphatic carbocycles. The van der Waals surface area contributed by atoms with Crippen molar-refractivity contribution < 1.29 is 12.8 Å². The highest BCUT2D eigenvalue weighted by molar-refractivity contribution is 7.90. The van der Waals surface area contributed by atoms with Crippen molar-refractivity contribution in [3.8, 4) is 0 Å². The summed E-state index contributed by atoms with van der Waals surface area (Å²) in [4.78, 5) is 0. The van der Waals surface area contributed by atoms with Crippen molar-refractivity contribution in [2.45, 2.75) is 13.8 Å². The molecule has 0 saturated heterocycles. The number of allylic oxidation sites excluding steroid dienone is 3. The largest absolute Gasteiger partial charge is 0.229 e. The molecule has 0 aromatic carbocycles. The molecule has 0 rings (SSSR count). The Hall–Kier alpha value is -0.640. The van der Waals surface area contributed by atoms with Gasteiger partial charge < -0.3 is 0 Å². The third-order valence-electron chi connectivity index (χ3n) is 1.18. The van der Waals surface area contributed by atoms with E-state index < -0.39 is 9.84 Å². The van der Waals surface area contributed by atoms with Crippen LogP contribution in [0.3, 0.4) is 0 Å². The maximum atomic E-state index is 12.3. The van der Waals surface area contributed by atoms with Crippen molar-refractivity contribution in [1.29, 1.82) is 0 Å². The van der Waals surface area contributed by atoms with E-state index in [1.54, 1.807) is 13.0 Å². The molecule has 0 aliphatic rings. The van der Waals surface area contributed by atoms with Gasteiger partial charge in [0.2, 0.25) is 0 Å². The van der Waals surface area contributed by atoms with Gasteiger partial charge >= 0.3 is 0 Å². The Bertz CT molecular complexity index is 295. The molecule has 0 saturated carbocycles. The summed E-state index contributed by atoms with van der Waals surface area (Å²) >= 11 is 0. The van der Waals surface area contributed by atoms with Crippen molar-refractivity contribution >= 4 is 9.84 Å². The second-order valence-electron chi connectivity index (χ2n) is 2.66. The van der Waals surface area contributed by atoms with E-state index in [9.17, 15) is 12.8 Å². The molecule has 0 heterocycles. The van der Waals surface area contributed by atoms with Crippen molar-refractivity contribution in [3.05, 3.63) is 23.6 Å². The van der Waals surface area contributed by atoms with E-state index in [4.69, 9.17) is 0 Å². The van der Waals surface area contributed by atoms with Crippen LogP contribution in [-0.2, 0) is 9.84 Å². The highest BCUT2D eigenvalue weighted by Crippen LogP contribution is 2.05. The molecule has 0 N–H and O–H groups in total. The van der Waals surface area contributed by atoms with Crippen LogP contribution in [0.2, 0.25) is 0 Å². The minimum absolute atomic E-state index is 0.106. The number of hydrogen-bond acceptors (Lipinski definition) is 2. The number of halogens is 1. The van der Waals surface area contributed by atoms with Gasteiger partial charge in [0.1, 0.15) is 0 Å². The predicted molar refractivity (Wildman–Crippen MR) is 48.3 cm³/mol. The number of hydrogen-bond donors (Lipinski definition) is 0. The third-order valence-corrected chi connectivity index (χ3v) is 2.04. The molecule has 0 aliphatic heterocycles. The van der Waals surface area contributed by atoms with Crippen LogP contribution >= 0.6 is 0 Å². The molecule has 0 aromatic rings. The van der Waals surface area contributed by atoms with Gasteiger partial charge in [-0.25, -0.2) is 12.8 Å². The molecular formula is C8H13FO2S. The first-order chi connectivity index (χ1) is 5.35. The van der Waals surface area contributed by atoms with Crippen LogP contribution in [0.5, 0.6) is 0 Å². The lowest BCUT2D eigenvalue weighted by Crippen LogP contribution is -2.04. The van der Waals surface area contributed by atoms with Gasteiger partial charge in [0.15, 0.2) is 9.84 Å². The molecule has 70 valence electrons. The van der Waals surface area contributed by atoms with Crippen LogP contribution in [0, 0.1) is 0 Å². The Morgan fingerprint density at radius 2 is 2.00 bits per heavy atom. The first kappa shape index (κ1) is 11.4. The monoisotopic (exact) mass is 192 g/mol. The Morgan fingerprint density at radius 3 is 2.25 bits per heavy atom. The van der Waals surface area contributed by atoms with Crippen molar-refractivity contribution in [2.75, 3.05) is 12.0 Å². The topological polar surface area (TPSA) is 34.1 Å². The molecule has 0 amide bonds. The van der Waals surface area contributed by atoms with Gasteiger partial charge in [-0.3, -0.25) is 0 Å². The van der Waals surface area contributed by atoms with E-state index in [0.717, 1.165) is 6.26 Å². The second kappa shape index (κ2) is 4.40. The van der Waals surface area contributed by atoms with Crippen LogP contribution in [0.25, 0.3) is 0 Å². The molecule has 0 aromatic heterocycles. The molecular weight excluding hydrogens is 179 g/mol. The Morgan fingerprint density at radius 1 is 1.50 bits per heavy atom. The maximum absolute atomic E-state index is 12.3. The Balaban J connectivity index is 4.55. The van der Waals surface area contributed by atoms with Crippen LogP contribution in [0.15, 0.2) is 23.6 Å². The quantitative estimate of drug-likeness (QED) is 0.639. The van der Waals surface area contributed by atoms with Crippen molar-refractivity contribution in [3.63, 3.8) is 0 Å². The van der Waals surface area contributed by atoms with E-state index in [-0.39, 0.29) is 11.6 Å². The molecule has 0 bridgehead atoms. The molecule has 0 radical (unpaired) electrons.